The molecule has 21 heavy (non-hydrogen) atoms. The first-order valence-electron chi connectivity index (χ1n) is 8.27. The van der Waals surface area contributed by atoms with Gasteiger partial charge < -0.3 is 20.9 Å². The van der Waals surface area contributed by atoms with Gasteiger partial charge in [-0.1, -0.05) is 52.9 Å². The Morgan fingerprint density at radius 1 is 1.19 bits per heavy atom. The average molecular weight is 302 g/mol. The second-order valence-corrected chi connectivity index (χ2v) is 6.03. The quantitative estimate of drug-likeness (QED) is 0.427. The zero-order chi connectivity index (χ0) is 16.1. The van der Waals surface area contributed by atoms with Gasteiger partial charge in [-0.05, 0) is 12.3 Å². The smallest absolute Gasteiger partial charge is 0.234 e. The van der Waals surface area contributed by atoms with Crippen LogP contribution in [0.2, 0.25) is 0 Å². The summed E-state index contributed by atoms with van der Waals surface area (Å²) in [7, 11) is 0. The van der Waals surface area contributed by atoms with Crippen LogP contribution in [0.25, 0.3) is 0 Å². The molecule has 0 fully saturated rings. The predicted octanol–water partition coefficient (Wildman–Crippen LogP) is 1.82. The molecular weight excluding hydrogens is 268 g/mol. The number of hydrogen-bond acceptors (Lipinski definition) is 4. The van der Waals surface area contributed by atoms with Crippen molar-refractivity contribution in [2.24, 2.45) is 11.7 Å². The van der Waals surface area contributed by atoms with E-state index in [1.54, 1.807) is 0 Å². The maximum atomic E-state index is 11.2. The van der Waals surface area contributed by atoms with E-state index in [2.05, 4.69) is 12.2 Å². The number of nitrogens with one attached hydrogen (secondary N) is 1. The van der Waals surface area contributed by atoms with Crippen molar-refractivity contribution in [2.45, 2.75) is 71.4 Å². The Hall–Kier alpha value is -0.650. The van der Waals surface area contributed by atoms with E-state index in [1.165, 1.54) is 32.1 Å². The molecule has 0 bridgehead atoms. The summed E-state index contributed by atoms with van der Waals surface area (Å²) in [5.74, 6) is -0.274. The molecule has 0 aliphatic rings. The fraction of sp³-hybridized carbons (Fsp3) is 0.938. The summed E-state index contributed by atoms with van der Waals surface area (Å²) in [6, 6.07) is -0.404. The number of ether oxygens (including phenoxy) is 1. The molecule has 2 unspecified atom stereocenters. The number of carbonyl (C=O) groups is 1. The Bertz CT molecular complexity index is 260. The monoisotopic (exact) mass is 302 g/mol. The first-order chi connectivity index (χ1) is 9.99. The van der Waals surface area contributed by atoms with E-state index in [-0.39, 0.29) is 11.8 Å². The standard InChI is InChI=1S/C16H34N2O3/c1-4-5-6-7-8-9-10-21-12-14(19)11-18-15(13(2)3)16(17)20/h13-15,18-19H,4-12H2,1-3H3,(H2,17,20). The van der Waals surface area contributed by atoms with Gasteiger partial charge in [0.1, 0.15) is 0 Å². The normalized spacial score (nSPS) is 14.3. The molecule has 0 rings (SSSR count). The molecule has 0 saturated heterocycles. The molecule has 0 aromatic heterocycles. The lowest BCUT2D eigenvalue weighted by molar-refractivity contribution is -0.121. The van der Waals surface area contributed by atoms with Gasteiger partial charge in [-0.3, -0.25) is 4.79 Å². The van der Waals surface area contributed by atoms with Gasteiger partial charge in [-0.25, -0.2) is 0 Å². The van der Waals surface area contributed by atoms with Gasteiger partial charge in [0.25, 0.3) is 0 Å². The van der Waals surface area contributed by atoms with Crippen molar-refractivity contribution in [1.29, 1.82) is 0 Å². The molecule has 5 nitrogen and oxygen atoms in total. The van der Waals surface area contributed by atoms with Gasteiger partial charge in [-0.2, -0.15) is 0 Å². The summed E-state index contributed by atoms with van der Waals surface area (Å²) in [6.07, 6.45) is 6.75. The fourth-order valence-electron chi connectivity index (χ4n) is 2.19. The van der Waals surface area contributed by atoms with Crippen LogP contribution in [0.4, 0.5) is 0 Å². The Morgan fingerprint density at radius 2 is 1.81 bits per heavy atom. The summed E-state index contributed by atoms with van der Waals surface area (Å²) in [5.41, 5.74) is 5.30. The topological polar surface area (TPSA) is 84.6 Å². The van der Waals surface area contributed by atoms with Crippen LogP contribution < -0.4 is 11.1 Å². The first kappa shape index (κ1) is 20.3. The van der Waals surface area contributed by atoms with E-state index in [0.717, 1.165) is 6.42 Å². The van der Waals surface area contributed by atoms with Crippen LogP contribution in [0.15, 0.2) is 0 Å². The molecule has 5 heteroatoms. The predicted molar refractivity (Wildman–Crippen MR) is 86.0 cm³/mol. The van der Waals surface area contributed by atoms with Gasteiger partial charge in [0.2, 0.25) is 5.91 Å². The van der Waals surface area contributed by atoms with E-state index in [4.69, 9.17) is 10.5 Å². The van der Waals surface area contributed by atoms with Crippen molar-refractivity contribution in [3.8, 4) is 0 Å². The highest BCUT2D eigenvalue weighted by Crippen LogP contribution is 2.05. The fourth-order valence-corrected chi connectivity index (χ4v) is 2.19. The second-order valence-electron chi connectivity index (χ2n) is 6.03. The molecule has 0 saturated carbocycles. The number of rotatable bonds is 14. The Morgan fingerprint density at radius 3 is 2.38 bits per heavy atom. The number of unbranched alkanes of at least 4 members (excludes halogenated alkanes) is 5. The third-order valence-electron chi connectivity index (χ3n) is 3.50. The minimum absolute atomic E-state index is 0.110. The van der Waals surface area contributed by atoms with E-state index in [9.17, 15) is 9.90 Å². The van der Waals surface area contributed by atoms with Gasteiger partial charge in [0, 0.05) is 13.2 Å². The molecule has 4 N–H and O–H groups in total. The van der Waals surface area contributed by atoms with E-state index in [0.29, 0.717) is 19.8 Å². The van der Waals surface area contributed by atoms with Crippen LogP contribution in [0, 0.1) is 5.92 Å². The zero-order valence-electron chi connectivity index (χ0n) is 13.9. The van der Waals surface area contributed by atoms with Crippen LogP contribution in [0.1, 0.15) is 59.3 Å². The minimum Gasteiger partial charge on any atom is -0.389 e. The molecule has 0 aromatic carbocycles. The number of carbonyl (C=O) groups excluding carboxylic acids is 1. The summed E-state index contributed by atoms with van der Waals surface area (Å²) in [4.78, 5) is 11.2. The Balaban J connectivity index is 3.53. The van der Waals surface area contributed by atoms with Crippen molar-refractivity contribution in [3.05, 3.63) is 0 Å². The summed E-state index contributed by atoms with van der Waals surface area (Å²) >= 11 is 0. The summed E-state index contributed by atoms with van der Waals surface area (Å²) in [6.45, 7) is 7.36. The maximum absolute atomic E-state index is 11.2. The molecule has 0 radical (unpaired) electrons. The molecule has 126 valence electrons. The number of aliphatic hydroxyl groups is 1. The third-order valence-corrected chi connectivity index (χ3v) is 3.50. The Kier molecular flexibility index (Phi) is 12.6. The van der Waals surface area contributed by atoms with Crippen molar-refractivity contribution >= 4 is 5.91 Å². The van der Waals surface area contributed by atoms with E-state index in [1.807, 2.05) is 13.8 Å². The lowest BCUT2D eigenvalue weighted by atomic mass is 10.0. The molecule has 0 aliphatic carbocycles. The highest BCUT2D eigenvalue weighted by Gasteiger charge is 2.19. The Labute approximate surface area is 129 Å². The number of nitrogens with two attached hydrogens (primary N) is 1. The van der Waals surface area contributed by atoms with Crippen LogP contribution in [0.5, 0.6) is 0 Å². The number of hydrogen-bond donors (Lipinski definition) is 3. The summed E-state index contributed by atoms with van der Waals surface area (Å²) in [5, 5.41) is 12.8. The van der Waals surface area contributed by atoms with Gasteiger partial charge in [0.15, 0.2) is 0 Å². The van der Waals surface area contributed by atoms with Crippen molar-refractivity contribution in [2.75, 3.05) is 19.8 Å². The maximum Gasteiger partial charge on any atom is 0.234 e. The van der Waals surface area contributed by atoms with Crippen molar-refractivity contribution < 1.29 is 14.6 Å². The van der Waals surface area contributed by atoms with Gasteiger partial charge in [-0.15, -0.1) is 0 Å². The minimum atomic E-state index is -0.606. The molecule has 0 spiro atoms. The SMILES string of the molecule is CCCCCCCCOCC(O)CNC(C(N)=O)C(C)C. The molecule has 1 amide bonds. The van der Waals surface area contributed by atoms with Gasteiger partial charge in [0.05, 0.1) is 18.8 Å². The highest BCUT2D eigenvalue weighted by molar-refractivity contribution is 5.80. The van der Waals surface area contributed by atoms with E-state index < -0.39 is 12.1 Å². The highest BCUT2D eigenvalue weighted by atomic mass is 16.5. The third kappa shape index (κ3) is 11.7. The zero-order valence-corrected chi connectivity index (χ0v) is 13.9. The molecule has 0 aromatic rings. The van der Waals surface area contributed by atoms with Crippen LogP contribution >= 0.6 is 0 Å². The number of primary amides is 1. The van der Waals surface area contributed by atoms with Gasteiger partial charge >= 0.3 is 0 Å². The average Bonchev–Trinajstić information content (AvgIpc) is 2.41. The lowest BCUT2D eigenvalue weighted by Crippen LogP contribution is -2.48. The first-order valence-corrected chi connectivity index (χ1v) is 8.27. The van der Waals surface area contributed by atoms with Crippen molar-refractivity contribution in [3.63, 3.8) is 0 Å². The van der Waals surface area contributed by atoms with E-state index >= 15 is 0 Å². The van der Waals surface area contributed by atoms with Crippen molar-refractivity contribution in [1.82, 2.24) is 5.32 Å². The second kappa shape index (κ2) is 13.0. The molecule has 0 aliphatic heterocycles. The van der Waals surface area contributed by atoms with Crippen LogP contribution in [-0.2, 0) is 9.53 Å². The van der Waals surface area contributed by atoms with Crippen LogP contribution in [-0.4, -0.2) is 42.9 Å². The number of amides is 1. The molecule has 2 atom stereocenters. The molecule has 0 heterocycles. The van der Waals surface area contributed by atoms with Crippen LogP contribution in [0.3, 0.4) is 0 Å². The lowest BCUT2D eigenvalue weighted by Gasteiger charge is -2.21. The largest absolute Gasteiger partial charge is 0.389 e. The summed E-state index contributed by atoms with van der Waals surface area (Å²) < 4.78 is 5.45. The molecular formula is C16H34N2O3. The number of aliphatic hydroxyl groups excluding tert-OH is 1.